The Morgan fingerprint density at radius 1 is 1.22 bits per heavy atom. The van der Waals surface area contributed by atoms with Crippen molar-refractivity contribution in [3.05, 3.63) is 0 Å². The van der Waals surface area contributed by atoms with E-state index in [1.165, 1.54) is 0 Å². The van der Waals surface area contributed by atoms with Crippen LogP contribution >= 0.6 is 0 Å². The van der Waals surface area contributed by atoms with Crippen LogP contribution < -0.4 is 10.6 Å². The number of aliphatic hydroxyl groups excluding tert-OH is 1. The first-order valence-electron chi connectivity index (χ1n) is 8.20. The lowest BCUT2D eigenvalue weighted by Gasteiger charge is -2.25. The highest BCUT2D eigenvalue weighted by atomic mass is 16.5. The van der Waals surface area contributed by atoms with Crippen molar-refractivity contribution in [2.45, 2.75) is 37.8 Å². The molecule has 2 fully saturated rings. The predicted molar refractivity (Wildman–Crippen MR) is 81.8 cm³/mol. The standard InChI is InChI=1S/C16H24N4O3/c17-6-13(7-18)5-14(19-9-12-3-4-23-10-12)15(21)16(22)20-8-11-1-2-11/h11-15,19,21H,1-5,8-10H2,(H,20,22). The lowest BCUT2D eigenvalue weighted by molar-refractivity contribution is -0.131. The summed E-state index contributed by atoms with van der Waals surface area (Å²) in [5.74, 6) is -0.425. The molecule has 7 heteroatoms. The average molecular weight is 320 g/mol. The number of carbonyl (C=O) groups is 1. The summed E-state index contributed by atoms with van der Waals surface area (Å²) >= 11 is 0. The minimum absolute atomic E-state index is 0.124. The largest absolute Gasteiger partial charge is 0.382 e. The molecule has 1 amide bonds. The lowest BCUT2D eigenvalue weighted by atomic mass is 9.97. The van der Waals surface area contributed by atoms with Crippen molar-refractivity contribution in [1.29, 1.82) is 10.5 Å². The van der Waals surface area contributed by atoms with E-state index in [2.05, 4.69) is 10.6 Å². The van der Waals surface area contributed by atoms with Gasteiger partial charge in [-0.05, 0) is 37.5 Å². The Bertz CT molecular complexity index is 461. The second kappa shape index (κ2) is 8.83. The van der Waals surface area contributed by atoms with Crippen LogP contribution in [0.2, 0.25) is 0 Å². The lowest BCUT2D eigenvalue weighted by Crippen LogP contribution is -2.50. The van der Waals surface area contributed by atoms with Crippen LogP contribution in [0.3, 0.4) is 0 Å². The van der Waals surface area contributed by atoms with Gasteiger partial charge in [0.25, 0.3) is 0 Å². The van der Waals surface area contributed by atoms with Crippen LogP contribution in [0.5, 0.6) is 0 Å². The summed E-state index contributed by atoms with van der Waals surface area (Å²) in [6.07, 6.45) is 2.03. The van der Waals surface area contributed by atoms with Crippen molar-refractivity contribution in [2.75, 3.05) is 26.3 Å². The number of rotatable bonds is 9. The zero-order valence-electron chi connectivity index (χ0n) is 13.2. The quantitative estimate of drug-likeness (QED) is 0.547. The van der Waals surface area contributed by atoms with Crippen molar-refractivity contribution in [3.8, 4) is 12.1 Å². The Morgan fingerprint density at radius 3 is 2.52 bits per heavy atom. The molecule has 0 aromatic carbocycles. The van der Waals surface area contributed by atoms with Gasteiger partial charge in [0.2, 0.25) is 5.91 Å². The van der Waals surface area contributed by atoms with E-state index in [0.717, 1.165) is 25.9 Å². The van der Waals surface area contributed by atoms with E-state index < -0.39 is 24.0 Å². The third-order valence-electron chi connectivity index (χ3n) is 4.41. The van der Waals surface area contributed by atoms with Gasteiger partial charge in [0, 0.05) is 25.7 Å². The number of ether oxygens (including phenoxy) is 1. The highest BCUT2D eigenvalue weighted by molar-refractivity contribution is 5.81. The fourth-order valence-corrected chi connectivity index (χ4v) is 2.63. The molecule has 126 valence electrons. The highest BCUT2D eigenvalue weighted by Gasteiger charge is 2.31. The van der Waals surface area contributed by atoms with E-state index in [-0.39, 0.29) is 6.42 Å². The number of hydrogen-bond donors (Lipinski definition) is 3. The molecule has 1 aliphatic heterocycles. The second-order valence-corrected chi connectivity index (χ2v) is 6.42. The smallest absolute Gasteiger partial charge is 0.250 e. The van der Waals surface area contributed by atoms with Gasteiger partial charge in [0.1, 0.15) is 12.0 Å². The Labute approximate surface area is 136 Å². The van der Waals surface area contributed by atoms with Gasteiger partial charge in [-0.3, -0.25) is 4.79 Å². The minimum atomic E-state index is -1.26. The molecule has 1 aliphatic carbocycles. The van der Waals surface area contributed by atoms with E-state index in [0.29, 0.717) is 31.5 Å². The molecule has 0 bridgehead atoms. The molecule has 1 saturated heterocycles. The van der Waals surface area contributed by atoms with Crippen molar-refractivity contribution in [3.63, 3.8) is 0 Å². The van der Waals surface area contributed by atoms with Crippen LogP contribution in [0.15, 0.2) is 0 Å². The molecule has 3 N–H and O–H groups in total. The summed E-state index contributed by atoms with van der Waals surface area (Å²) in [7, 11) is 0. The van der Waals surface area contributed by atoms with Crippen molar-refractivity contribution >= 4 is 5.91 Å². The van der Waals surface area contributed by atoms with Crippen molar-refractivity contribution < 1.29 is 14.6 Å². The predicted octanol–water partition coefficient (Wildman–Crippen LogP) is -0.0783. The maximum Gasteiger partial charge on any atom is 0.250 e. The van der Waals surface area contributed by atoms with Crippen LogP contribution in [-0.4, -0.2) is 49.5 Å². The summed E-state index contributed by atoms with van der Waals surface area (Å²) in [6.45, 7) is 2.56. The van der Waals surface area contributed by atoms with Crippen LogP contribution in [0.25, 0.3) is 0 Å². The normalized spacial score (nSPS) is 23.0. The minimum Gasteiger partial charge on any atom is -0.382 e. The fourth-order valence-electron chi connectivity index (χ4n) is 2.63. The molecule has 23 heavy (non-hydrogen) atoms. The van der Waals surface area contributed by atoms with Gasteiger partial charge in [-0.25, -0.2) is 0 Å². The van der Waals surface area contributed by atoms with Gasteiger partial charge in [0.05, 0.1) is 18.7 Å². The van der Waals surface area contributed by atoms with E-state index >= 15 is 0 Å². The molecule has 7 nitrogen and oxygen atoms in total. The number of nitrogens with zero attached hydrogens (tertiary/aromatic N) is 2. The Kier molecular flexibility index (Phi) is 6.79. The first-order valence-corrected chi connectivity index (χ1v) is 8.20. The average Bonchev–Trinajstić information content (AvgIpc) is 3.26. The zero-order valence-corrected chi connectivity index (χ0v) is 13.2. The van der Waals surface area contributed by atoms with Gasteiger partial charge in [0.15, 0.2) is 0 Å². The van der Waals surface area contributed by atoms with Crippen LogP contribution in [0.1, 0.15) is 25.7 Å². The van der Waals surface area contributed by atoms with E-state index in [9.17, 15) is 9.90 Å². The fraction of sp³-hybridized carbons (Fsp3) is 0.812. The number of amides is 1. The summed E-state index contributed by atoms with van der Waals surface area (Å²) in [6, 6.07) is 3.18. The van der Waals surface area contributed by atoms with E-state index in [1.807, 2.05) is 12.1 Å². The van der Waals surface area contributed by atoms with Crippen molar-refractivity contribution in [2.24, 2.45) is 17.8 Å². The van der Waals surface area contributed by atoms with Gasteiger partial charge in [-0.2, -0.15) is 10.5 Å². The second-order valence-electron chi connectivity index (χ2n) is 6.42. The van der Waals surface area contributed by atoms with Gasteiger partial charge in [-0.1, -0.05) is 0 Å². The maximum atomic E-state index is 12.1. The monoisotopic (exact) mass is 320 g/mol. The van der Waals surface area contributed by atoms with Crippen molar-refractivity contribution in [1.82, 2.24) is 10.6 Å². The molecule has 0 aromatic rings. The zero-order chi connectivity index (χ0) is 16.7. The number of aliphatic hydroxyl groups is 1. The van der Waals surface area contributed by atoms with E-state index in [1.54, 1.807) is 0 Å². The maximum absolute atomic E-state index is 12.1. The number of hydrogen-bond acceptors (Lipinski definition) is 6. The number of nitrogens with one attached hydrogen (secondary N) is 2. The molecule has 2 rings (SSSR count). The summed E-state index contributed by atoms with van der Waals surface area (Å²) in [5.41, 5.74) is 0. The van der Waals surface area contributed by atoms with E-state index in [4.69, 9.17) is 15.3 Å². The number of carbonyl (C=O) groups excluding carboxylic acids is 1. The molecule has 0 aromatic heterocycles. The third kappa shape index (κ3) is 5.80. The molecule has 2 aliphatic rings. The first kappa shape index (κ1) is 17.7. The highest BCUT2D eigenvalue weighted by Crippen LogP contribution is 2.27. The Balaban J connectivity index is 1.87. The molecular formula is C16H24N4O3. The summed E-state index contributed by atoms with van der Waals surface area (Å²) in [5, 5.41) is 34.1. The topological polar surface area (TPSA) is 118 Å². The van der Waals surface area contributed by atoms with Crippen LogP contribution in [0, 0.1) is 40.4 Å². The molecule has 1 heterocycles. The van der Waals surface area contributed by atoms with Gasteiger partial charge in [-0.15, -0.1) is 0 Å². The molecule has 1 saturated carbocycles. The first-order chi connectivity index (χ1) is 11.1. The summed E-state index contributed by atoms with van der Waals surface area (Å²) < 4.78 is 5.31. The molecule has 3 atom stereocenters. The molecular weight excluding hydrogens is 296 g/mol. The third-order valence-corrected chi connectivity index (χ3v) is 4.41. The number of nitriles is 2. The molecule has 0 spiro atoms. The van der Waals surface area contributed by atoms with Gasteiger partial charge < -0.3 is 20.5 Å². The van der Waals surface area contributed by atoms with Crippen LogP contribution in [-0.2, 0) is 9.53 Å². The van der Waals surface area contributed by atoms with Gasteiger partial charge >= 0.3 is 0 Å². The molecule has 0 radical (unpaired) electrons. The summed E-state index contributed by atoms with van der Waals surface area (Å²) in [4.78, 5) is 12.1. The molecule has 3 unspecified atom stereocenters. The SMILES string of the molecule is N#CC(C#N)CC(NCC1CCOC1)C(O)C(=O)NCC1CC1. The Morgan fingerprint density at radius 2 is 1.96 bits per heavy atom. The van der Waals surface area contributed by atoms with Crippen LogP contribution in [0.4, 0.5) is 0 Å². The Hall–Kier alpha value is -1.67.